The third-order valence-electron chi connectivity index (χ3n) is 2.83. The molecule has 0 spiro atoms. The van der Waals surface area contributed by atoms with Crippen molar-refractivity contribution in [2.45, 2.75) is 13.8 Å². The maximum Gasteiger partial charge on any atom is 0.310 e. The van der Waals surface area contributed by atoms with E-state index < -0.39 is 0 Å². The third kappa shape index (κ3) is 3.09. The molecule has 6 heteroatoms. The summed E-state index contributed by atoms with van der Waals surface area (Å²) >= 11 is 0. The largest absolute Gasteiger partial charge is 0.469 e. The average molecular weight is 253 g/mol. The summed E-state index contributed by atoms with van der Waals surface area (Å²) < 4.78 is 6.27. The van der Waals surface area contributed by atoms with E-state index in [1.807, 2.05) is 6.92 Å². The molecule has 0 bridgehead atoms. The van der Waals surface area contributed by atoms with Crippen molar-refractivity contribution in [2.24, 2.45) is 13.0 Å². The number of amides is 1. The Balaban J connectivity index is 2.70. The molecule has 1 rings (SSSR count). The Kier molecular flexibility index (Phi) is 4.47. The number of rotatable bonds is 4. The zero-order valence-corrected chi connectivity index (χ0v) is 11.4. The molecule has 1 amide bonds. The van der Waals surface area contributed by atoms with Crippen molar-refractivity contribution in [1.82, 2.24) is 14.7 Å². The summed E-state index contributed by atoms with van der Waals surface area (Å²) in [6, 6.07) is 1.72. The van der Waals surface area contributed by atoms with Gasteiger partial charge in [-0.15, -0.1) is 0 Å². The van der Waals surface area contributed by atoms with Crippen molar-refractivity contribution in [1.29, 1.82) is 0 Å². The summed E-state index contributed by atoms with van der Waals surface area (Å²) in [5.74, 6) is -0.880. The van der Waals surface area contributed by atoms with E-state index in [4.69, 9.17) is 0 Å². The number of carbonyl (C=O) groups is 2. The van der Waals surface area contributed by atoms with Gasteiger partial charge in [0.05, 0.1) is 13.0 Å². The first-order chi connectivity index (χ1) is 8.36. The lowest BCUT2D eigenvalue weighted by Gasteiger charge is -2.19. The summed E-state index contributed by atoms with van der Waals surface area (Å²) in [5, 5.41) is 4.11. The molecule has 0 saturated carbocycles. The highest BCUT2D eigenvalue weighted by molar-refractivity contribution is 5.92. The maximum atomic E-state index is 12.1. The Hall–Kier alpha value is -1.85. The molecule has 1 aromatic heterocycles. The van der Waals surface area contributed by atoms with Crippen LogP contribution in [0.5, 0.6) is 0 Å². The Morgan fingerprint density at radius 1 is 1.56 bits per heavy atom. The van der Waals surface area contributed by atoms with Gasteiger partial charge in [0.1, 0.15) is 0 Å². The van der Waals surface area contributed by atoms with Gasteiger partial charge in [-0.2, -0.15) is 5.10 Å². The molecule has 0 radical (unpaired) electrons. The van der Waals surface area contributed by atoms with E-state index in [-0.39, 0.29) is 17.8 Å². The minimum absolute atomic E-state index is 0.200. The number of carbonyl (C=O) groups excluding carboxylic acids is 2. The molecule has 0 aromatic carbocycles. The van der Waals surface area contributed by atoms with Crippen LogP contribution >= 0.6 is 0 Å². The Labute approximate surface area is 107 Å². The number of ether oxygens (including phenoxy) is 1. The van der Waals surface area contributed by atoms with E-state index in [2.05, 4.69) is 9.84 Å². The molecule has 6 nitrogen and oxygen atoms in total. The predicted octanol–water partition coefficient (Wildman–Crippen LogP) is 0.610. The highest BCUT2D eigenvalue weighted by Crippen LogP contribution is 2.07. The fourth-order valence-corrected chi connectivity index (χ4v) is 1.63. The molecule has 100 valence electrons. The number of esters is 1. The molecule has 0 aliphatic rings. The molecular weight excluding hydrogens is 234 g/mol. The zero-order chi connectivity index (χ0) is 13.9. The van der Waals surface area contributed by atoms with E-state index in [1.54, 1.807) is 31.8 Å². The number of aryl methyl sites for hydroxylation is 2. The molecule has 0 fully saturated rings. The van der Waals surface area contributed by atoms with Crippen LogP contribution in [0.3, 0.4) is 0 Å². The number of hydrogen-bond donors (Lipinski definition) is 0. The maximum absolute atomic E-state index is 12.1. The Morgan fingerprint density at radius 3 is 2.61 bits per heavy atom. The highest BCUT2D eigenvalue weighted by atomic mass is 16.5. The average Bonchev–Trinajstić information content (AvgIpc) is 2.67. The van der Waals surface area contributed by atoms with Crippen molar-refractivity contribution >= 4 is 11.9 Å². The Morgan fingerprint density at radius 2 is 2.17 bits per heavy atom. The quantitative estimate of drug-likeness (QED) is 0.737. The minimum Gasteiger partial charge on any atom is -0.469 e. The first kappa shape index (κ1) is 14.2. The standard InChI is InChI=1S/C12H19N3O3/c1-8(12(17)18-5)7-14(3)11(16)10-6-9(2)15(4)13-10/h6,8H,7H2,1-5H3. The summed E-state index contributed by atoms with van der Waals surface area (Å²) in [5.41, 5.74) is 1.29. The fourth-order valence-electron chi connectivity index (χ4n) is 1.63. The van der Waals surface area contributed by atoms with E-state index in [0.29, 0.717) is 12.2 Å². The van der Waals surface area contributed by atoms with Gasteiger partial charge in [-0.3, -0.25) is 14.3 Å². The van der Waals surface area contributed by atoms with Crippen molar-refractivity contribution in [3.8, 4) is 0 Å². The number of nitrogens with zero attached hydrogens (tertiary/aromatic N) is 3. The second-order valence-electron chi connectivity index (χ2n) is 4.40. The van der Waals surface area contributed by atoms with Crippen molar-refractivity contribution in [2.75, 3.05) is 20.7 Å². The molecule has 1 aromatic rings. The lowest BCUT2D eigenvalue weighted by molar-refractivity contribution is -0.145. The summed E-state index contributed by atoms with van der Waals surface area (Å²) in [7, 11) is 4.76. The first-order valence-electron chi connectivity index (χ1n) is 5.70. The summed E-state index contributed by atoms with van der Waals surface area (Å²) in [6.07, 6.45) is 0. The van der Waals surface area contributed by atoms with Crippen LogP contribution in [0.2, 0.25) is 0 Å². The normalized spacial score (nSPS) is 12.1. The van der Waals surface area contributed by atoms with Crippen molar-refractivity contribution in [3.05, 3.63) is 17.5 Å². The van der Waals surface area contributed by atoms with Crippen molar-refractivity contribution < 1.29 is 14.3 Å². The van der Waals surface area contributed by atoms with Gasteiger partial charge in [0.15, 0.2) is 5.69 Å². The van der Waals surface area contributed by atoms with Gasteiger partial charge in [0.25, 0.3) is 5.91 Å². The molecule has 0 aliphatic heterocycles. The van der Waals surface area contributed by atoms with Gasteiger partial charge >= 0.3 is 5.97 Å². The van der Waals surface area contributed by atoms with E-state index in [9.17, 15) is 9.59 Å². The summed E-state index contributed by atoms with van der Waals surface area (Å²) in [4.78, 5) is 24.8. The van der Waals surface area contributed by atoms with Gasteiger partial charge in [-0.05, 0) is 13.0 Å². The van der Waals surface area contributed by atoms with Crippen LogP contribution in [0, 0.1) is 12.8 Å². The van der Waals surface area contributed by atoms with Crippen LogP contribution < -0.4 is 0 Å². The topological polar surface area (TPSA) is 64.4 Å². The zero-order valence-electron chi connectivity index (χ0n) is 11.4. The SMILES string of the molecule is COC(=O)C(C)CN(C)C(=O)c1cc(C)n(C)n1. The number of aromatic nitrogens is 2. The number of methoxy groups -OCH3 is 1. The smallest absolute Gasteiger partial charge is 0.310 e. The summed E-state index contributed by atoms with van der Waals surface area (Å²) in [6.45, 7) is 3.90. The van der Waals surface area contributed by atoms with Gasteiger partial charge in [-0.25, -0.2) is 0 Å². The van der Waals surface area contributed by atoms with E-state index >= 15 is 0 Å². The minimum atomic E-state index is -0.353. The second kappa shape index (κ2) is 5.66. The fraction of sp³-hybridized carbons (Fsp3) is 0.583. The molecule has 1 atom stereocenters. The molecule has 1 heterocycles. The molecule has 0 saturated heterocycles. The molecule has 18 heavy (non-hydrogen) atoms. The van der Waals surface area contributed by atoms with E-state index in [0.717, 1.165) is 5.69 Å². The van der Waals surface area contributed by atoms with Crippen LogP contribution in [-0.2, 0) is 16.6 Å². The second-order valence-corrected chi connectivity index (χ2v) is 4.40. The van der Waals surface area contributed by atoms with Crippen LogP contribution in [0.1, 0.15) is 23.1 Å². The van der Waals surface area contributed by atoms with Crippen LogP contribution in [-0.4, -0.2) is 47.3 Å². The third-order valence-corrected chi connectivity index (χ3v) is 2.83. The molecular formula is C12H19N3O3. The lowest BCUT2D eigenvalue weighted by Crippen LogP contribution is -2.34. The monoisotopic (exact) mass is 253 g/mol. The predicted molar refractivity (Wildman–Crippen MR) is 66.1 cm³/mol. The van der Waals surface area contributed by atoms with Gasteiger partial charge in [-0.1, -0.05) is 6.92 Å². The van der Waals surface area contributed by atoms with Gasteiger partial charge in [0.2, 0.25) is 0 Å². The van der Waals surface area contributed by atoms with Crippen LogP contribution in [0.4, 0.5) is 0 Å². The first-order valence-corrected chi connectivity index (χ1v) is 5.70. The van der Waals surface area contributed by atoms with Crippen molar-refractivity contribution in [3.63, 3.8) is 0 Å². The van der Waals surface area contributed by atoms with Crippen LogP contribution in [0.25, 0.3) is 0 Å². The highest BCUT2D eigenvalue weighted by Gasteiger charge is 2.21. The molecule has 0 N–H and O–H groups in total. The van der Waals surface area contributed by atoms with Crippen LogP contribution in [0.15, 0.2) is 6.07 Å². The lowest BCUT2D eigenvalue weighted by atomic mass is 10.1. The Bertz CT molecular complexity index is 434. The van der Waals surface area contributed by atoms with E-state index in [1.165, 1.54) is 12.0 Å². The van der Waals surface area contributed by atoms with Gasteiger partial charge < -0.3 is 9.64 Å². The molecule has 0 aliphatic carbocycles. The number of hydrogen-bond acceptors (Lipinski definition) is 4. The molecule has 1 unspecified atom stereocenters. The van der Waals surface area contributed by atoms with Gasteiger partial charge in [0, 0.05) is 26.3 Å².